The number of rotatable bonds is 4. The van der Waals surface area contributed by atoms with Gasteiger partial charge in [-0.15, -0.1) is 0 Å². The van der Waals surface area contributed by atoms with Gasteiger partial charge >= 0.3 is 0 Å². The third kappa shape index (κ3) is 3.85. The van der Waals surface area contributed by atoms with Crippen LogP contribution in [0, 0.1) is 17.3 Å². The van der Waals surface area contributed by atoms with Crippen molar-refractivity contribution in [2.24, 2.45) is 5.41 Å². The van der Waals surface area contributed by atoms with E-state index in [9.17, 15) is 9.90 Å². The number of carbonyl (C=O) groups excluding carboxylic acids is 1. The molecule has 0 bridgehead atoms. The molecule has 0 radical (unpaired) electrons. The highest BCUT2D eigenvalue weighted by Gasteiger charge is 2.54. The van der Waals surface area contributed by atoms with Gasteiger partial charge in [0.2, 0.25) is 0 Å². The number of imidazole rings is 1. The zero-order valence-electron chi connectivity index (χ0n) is 21.0. The fraction of sp³-hybridized carbons (Fsp3) is 0.300. The number of nitrogens with two attached hydrogens (primary N) is 1. The third-order valence-corrected chi connectivity index (χ3v) is 7.92. The number of hydrogen-bond acceptors (Lipinski definition) is 5. The van der Waals surface area contributed by atoms with E-state index in [1.165, 1.54) is 0 Å². The molecule has 1 saturated heterocycles. The lowest BCUT2D eigenvalue weighted by molar-refractivity contribution is -0.126. The molecule has 2 aliphatic rings. The Morgan fingerprint density at radius 1 is 1.14 bits per heavy atom. The molecule has 1 aliphatic carbocycles. The average molecular weight is 492 g/mol. The van der Waals surface area contributed by atoms with Gasteiger partial charge in [-0.05, 0) is 55.6 Å². The van der Waals surface area contributed by atoms with Gasteiger partial charge in [-0.25, -0.2) is 9.97 Å². The van der Waals surface area contributed by atoms with Crippen molar-refractivity contribution < 1.29 is 9.90 Å². The summed E-state index contributed by atoms with van der Waals surface area (Å²) < 4.78 is 1.97. The smallest absolute Gasteiger partial charge is 0.299 e. The van der Waals surface area contributed by atoms with Gasteiger partial charge < -0.3 is 15.7 Å². The summed E-state index contributed by atoms with van der Waals surface area (Å²) in [6.45, 7) is 4.19. The summed E-state index contributed by atoms with van der Waals surface area (Å²) in [5.74, 6) is 6.46. The molecule has 2 atom stereocenters. The maximum Gasteiger partial charge on any atom is 0.299 e. The Bertz CT molecular complexity index is 1560. The van der Waals surface area contributed by atoms with Crippen molar-refractivity contribution >= 4 is 17.2 Å². The maximum atomic E-state index is 12.9. The maximum absolute atomic E-state index is 12.9. The number of anilines is 1. The lowest BCUT2D eigenvalue weighted by atomic mass is 9.87. The zero-order valence-corrected chi connectivity index (χ0v) is 21.0. The second kappa shape index (κ2) is 8.46. The highest BCUT2D eigenvalue weighted by molar-refractivity contribution is 5.94. The molecule has 1 spiro atoms. The first-order valence-corrected chi connectivity index (χ1v) is 12.6. The van der Waals surface area contributed by atoms with Crippen LogP contribution >= 0.6 is 0 Å². The Morgan fingerprint density at radius 2 is 1.84 bits per heavy atom. The molecule has 2 aromatic carbocycles. The van der Waals surface area contributed by atoms with Crippen molar-refractivity contribution in [2.45, 2.75) is 44.8 Å². The highest BCUT2D eigenvalue weighted by Crippen LogP contribution is 2.58. The van der Waals surface area contributed by atoms with Crippen LogP contribution in [0.25, 0.3) is 16.8 Å². The van der Waals surface area contributed by atoms with E-state index >= 15 is 0 Å². The second-order valence-electron chi connectivity index (χ2n) is 10.4. The quantitative estimate of drug-likeness (QED) is 0.415. The number of amides is 1. The molecule has 2 aromatic heterocycles. The molecule has 7 heteroatoms. The number of likely N-dealkylation sites (tertiary alicyclic amines) is 1. The first-order valence-electron chi connectivity index (χ1n) is 12.6. The molecule has 6 rings (SSSR count). The van der Waals surface area contributed by atoms with Crippen LogP contribution in [0.15, 0.2) is 67.0 Å². The van der Waals surface area contributed by atoms with Crippen LogP contribution in [0.3, 0.4) is 0 Å². The van der Waals surface area contributed by atoms with E-state index in [0.717, 1.165) is 41.8 Å². The number of nitrogens with zero attached hydrogens (tertiary/aromatic N) is 4. The van der Waals surface area contributed by atoms with E-state index in [4.69, 9.17) is 10.7 Å². The summed E-state index contributed by atoms with van der Waals surface area (Å²) in [5.41, 5.74) is 9.29. The topological polar surface area (TPSA) is 96.8 Å². The number of benzene rings is 2. The molecule has 3 N–H and O–H groups in total. The van der Waals surface area contributed by atoms with Gasteiger partial charge in [-0.3, -0.25) is 9.20 Å². The van der Waals surface area contributed by atoms with Crippen LogP contribution in [0.1, 0.15) is 56.1 Å². The van der Waals surface area contributed by atoms with E-state index in [-0.39, 0.29) is 17.4 Å². The molecule has 2 unspecified atom stereocenters. The van der Waals surface area contributed by atoms with Gasteiger partial charge in [0, 0.05) is 24.5 Å². The fourth-order valence-electron chi connectivity index (χ4n) is 5.62. The predicted octanol–water partition coefficient (Wildman–Crippen LogP) is 4.31. The van der Waals surface area contributed by atoms with Gasteiger partial charge in [-0.1, -0.05) is 60.5 Å². The number of carbonyl (C=O) groups is 1. The third-order valence-electron chi connectivity index (χ3n) is 7.92. The molecular formula is C30H29N5O2. The Balaban J connectivity index is 1.43. The highest BCUT2D eigenvalue weighted by atomic mass is 16.3. The first-order chi connectivity index (χ1) is 17.8. The summed E-state index contributed by atoms with van der Waals surface area (Å²) in [6.07, 6.45) is 6.63. The minimum absolute atomic E-state index is 0.163. The van der Waals surface area contributed by atoms with Crippen molar-refractivity contribution in [3.8, 4) is 23.1 Å². The molecule has 186 valence electrons. The van der Waals surface area contributed by atoms with E-state index < -0.39 is 5.60 Å². The number of fused-ring (bicyclic) bond motifs is 1. The largest absolute Gasteiger partial charge is 0.382 e. The summed E-state index contributed by atoms with van der Waals surface area (Å²) in [6, 6.07) is 17.2. The van der Waals surface area contributed by atoms with Gasteiger partial charge in [0.1, 0.15) is 28.5 Å². The monoisotopic (exact) mass is 491 g/mol. The average Bonchev–Trinajstić information content (AvgIpc) is 3.38. The molecule has 3 heterocycles. The Kier molecular flexibility index (Phi) is 5.32. The molecule has 2 fully saturated rings. The first kappa shape index (κ1) is 23.3. The van der Waals surface area contributed by atoms with E-state index in [1.807, 2.05) is 70.1 Å². The molecule has 1 amide bonds. The van der Waals surface area contributed by atoms with Crippen LogP contribution in [0.5, 0.6) is 0 Å². The predicted molar refractivity (Wildman–Crippen MR) is 142 cm³/mol. The number of aromatic nitrogens is 3. The molecule has 1 saturated carbocycles. The number of hydrogen-bond donors (Lipinski definition) is 2. The summed E-state index contributed by atoms with van der Waals surface area (Å²) in [7, 11) is 0. The molecule has 7 nitrogen and oxygen atoms in total. The van der Waals surface area contributed by atoms with Crippen molar-refractivity contribution in [1.29, 1.82) is 0 Å². The van der Waals surface area contributed by atoms with Crippen molar-refractivity contribution in [1.82, 2.24) is 19.3 Å². The minimum Gasteiger partial charge on any atom is -0.382 e. The van der Waals surface area contributed by atoms with Crippen LogP contribution < -0.4 is 5.73 Å². The number of nitrogen functional groups attached to an aromatic ring is 1. The molecule has 1 aliphatic heterocycles. The van der Waals surface area contributed by atoms with Gasteiger partial charge in [0.05, 0.1) is 6.04 Å². The lowest BCUT2D eigenvalue weighted by Crippen LogP contribution is -2.31. The minimum atomic E-state index is -1.13. The van der Waals surface area contributed by atoms with Crippen LogP contribution in [-0.4, -0.2) is 36.8 Å². The summed E-state index contributed by atoms with van der Waals surface area (Å²) >= 11 is 0. The normalized spacial score (nSPS) is 19.4. The summed E-state index contributed by atoms with van der Waals surface area (Å²) in [5, 5.41) is 11.3. The molecular weight excluding hydrogens is 462 g/mol. The van der Waals surface area contributed by atoms with E-state index in [2.05, 4.69) is 16.8 Å². The Labute approximate surface area is 216 Å². The summed E-state index contributed by atoms with van der Waals surface area (Å²) in [4.78, 5) is 24.2. The van der Waals surface area contributed by atoms with E-state index in [0.29, 0.717) is 23.6 Å². The van der Waals surface area contributed by atoms with Crippen molar-refractivity contribution in [3.63, 3.8) is 0 Å². The van der Waals surface area contributed by atoms with E-state index in [1.54, 1.807) is 20.0 Å². The lowest BCUT2D eigenvalue weighted by Gasteiger charge is -2.24. The van der Waals surface area contributed by atoms with Gasteiger partial charge in [0.15, 0.2) is 0 Å². The van der Waals surface area contributed by atoms with Gasteiger partial charge in [0.25, 0.3) is 5.91 Å². The second-order valence-corrected chi connectivity index (χ2v) is 10.4. The molecule has 4 aromatic rings. The standard InChI is InChI=1S/C30H29N5O2/c1-3-7-24(36)35-19-30(14-15-30)18-23(35)28-33-25(26-27(31)32-16-17-34(26)28)20-10-12-22(13-11-20)29(2,37)21-8-5-4-6-9-21/h4-6,8-13,16-17,23,37H,14-15,18-19H2,1-2H3,(H2,31,32). The van der Waals surface area contributed by atoms with Crippen molar-refractivity contribution in [2.75, 3.05) is 12.3 Å². The van der Waals surface area contributed by atoms with Crippen molar-refractivity contribution in [3.05, 3.63) is 83.9 Å². The van der Waals surface area contributed by atoms with Crippen LogP contribution in [0.4, 0.5) is 5.82 Å². The SMILES string of the molecule is CC#CC(=O)N1CC2(CC2)CC1c1nc(-c2ccc(C(C)(O)c3ccccc3)cc2)c2c(N)nccn12. The number of aliphatic hydroxyl groups is 1. The Morgan fingerprint density at radius 3 is 2.51 bits per heavy atom. The van der Waals surface area contributed by atoms with Crippen LogP contribution in [0.2, 0.25) is 0 Å². The van der Waals surface area contributed by atoms with Crippen LogP contribution in [-0.2, 0) is 10.4 Å². The van der Waals surface area contributed by atoms with Gasteiger partial charge in [-0.2, -0.15) is 0 Å². The fourth-order valence-corrected chi connectivity index (χ4v) is 5.62. The molecule has 37 heavy (non-hydrogen) atoms. The Hall–Kier alpha value is -4.15. The zero-order chi connectivity index (χ0) is 25.8.